The Balaban J connectivity index is 2.46. The number of ether oxygens (including phenoxy) is 1. The maximum Gasteiger partial charge on any atom is 0.118 e. The summed E-state index contributed by atoms with van der Waals surface area (Å²) >= 11 is 0. The zero-order chi connectivity index (χ0) is 13.4. The minimum Gasteiger partial charge on any atom is -0.497 e. The third-order valence-corrected chi connectivity index (χ3v) is 3.55. The van der Waals surface area contributed by atoms with Crippen LogP contribution in [-0.2, 0) is 6.42 Å². The van der Waals surface area contributed by atoms with Crippen LogP contribution in [0, 0.1) is 5.92 Å². The molecular formula is C15H26N2O. The van der Waals surface area contributed by atoms with Gasteiger partial charge in [0.2, 0.25) is 0 Å². The van der Waals surface area contributed by atoms with Crippen molar-refractivity contribution in [3.63, 3.8) is 0 Å². The Morgan fingerprint density at radius 2 is 1.89 bits per heavy atom. The summed E-state index contributed by atoms with van der Waals surface area (Å²) in [4.78, 5) is 0. The van der Waals surface area contributed by atoms with E-state index in [1.807, 2.05) is 12.1 Å². The van der Waals surface area contributed by atoms with Gasteiger partial charge in [-0.15, -0.1) is 0 Å². The number of methoxy groups -OCH3 is 1. The fourth-order valence-electron chi connectivity index (χ4n) is 2.30. The molecule has 0 aliphatic carbocycles. The van der Waals surface area contributed by atoms with Crippen LogP contribution in [0.1, 0.15) is 38.7 Å². The van der Waals surface area contributed by atoms with Crippen molar-refractivity contribution in [2.75, 3.05) is 7.11 Å². The molecule has 3 nitrogen and oxygen atoms in total. The van der Waals surface area contributed by atoms with E-state index in [2.05, 4.69) is 31.4 Å². The molecule has 0 amide bonds. The van der Waals surface area contributed by atoms with E-state index in [1.165, 1.54) is 18.4 Å². The van der Waals surface area contributed by atoms with E-state index in [4.69, 9.17) is 10.6 Å². The molecule has 2 unspecified atom stereocenters. The molecule has 0 aromatic heterocycles. The highest BCUT2D eigenvalue weighted by Gasteiger charge is 2.14. The molecule has 0 radical (unpaired) electrons. The fourth-order valence-corrected chi connectivity index (χ4v) is 2.30. The average Bonchev–Trinajstić information content (AvgIpc) is 2.40. The van der Waals surface area contributed by atoms with Gasteiger partial charge in [-0.05, 0) is 42.9 Å². The Hall–Kier alpha value is -1.06. The van der Waals surface area contributed by atoms with Crippen molar-refractivity contribution in [1.29, 1.82) is 0 Å². The van der Waals surface area contributed by atoms with Gasteiger partial charge < -0.3 is 4.74 Å². The van der Waals surface area contributed by atoms with Crippen molar-refractivity contribution in [3.05, 3.63) is 29.8 Å². The second-order valence-electron chi connectivity index (χ2n) is 4.93. The highest BCUT2D eigenvalue weighted by Crippen LogP contribution is 2.17. The Morgan fingerprint density at radius 1 is 1.22 bits per heavy atom. The second kappa shape index (κ2) is 8.11. The number of hydrogen-bond donors (Lipinski definition) is 2. The predicted octanol–water partition coefficient (Wildman–Crippen LogP) is 2.90. The van der Waals surface area contributed by atoms with E-state index >= 15 is 0 Å². The highest BCUT2D eigenvalue weighted by molar-refractivity contribution is 5.27. The lowest BCUT2D eigenvalue weighted by molar-refractivity contribution is 0.341. The van der Waals surface area contributed by atoms with E-state index in [9.17, 15) is 0 Å². The van der Waals surface area contributed by atoms with Crippen molar-refractivity contribution >= 4 is 0 Å². The quantitative estimate of drug-likeness (QED) is 0.551. The van der Waals surface area contributed by atoms with Crippen molar-refractivity contribution in [3.8, 4) is 5.75 Å². The first-order valence-corrected chi connectivity index (χ1v) is 6.80. The van der Waals surface area contributed by atoms with Crippen LogP contribution >= 0.6 is 0 Å². The molecule has 0 heterocycles. The lowest BCUT2D eigenvalue weighted by Crippen LogP contribution is -2.40. The molecule has 0 saturated heterocycles. The number of hydrogen-bond acceptors (Lipinski definition) is 3. The van der Waals surface area contributed by atoms with Crippen LogP contribution in [-0.4, -0.2) is 13.2 Å². The van der Waals surface area contributed by atoms with Gasteiger partial charge in [0, 0.05) is 6.04 Å². The van der Waals surface area contributed by atoms with Crippen LogP contribution in [0.3, 0.4) is 0 Å². The van der Waals surface area contributed by atoms with Gasteiger partial charge in [0.1, 0.15) is 5.75 Å². The van der Waals surface area contributed by atoms with E-state index in [-0.39, 0.29) is 0 Å². The molecule has 0 spiro atoms. The summed E-state index contributed by atoms with van der Waals surface area (Å²) < 4.78 is 5.15. The molecule has 18 heavy (non-hydrogen) atoms. The molecule has 3 heteroatoms. The lowest BCUT2D eigenvalue weighted by atomic mass is 9.92. The van der Waals surface area contributed by atoms with Crippen molar-refractivity contribution in [2.45, 2.75) is 45.6 Å². The van der Waals surface area contributed by atoms with Gasteiger partial charge in [0.15, 0.2) is 0 Å². The molecule has 3 N–H and O–H groups in total. The third kappa shape index (κ3) is 4.67. The summed E-state index contributed by atoms with van der Waals surface area (Å²) in [6.07, 6.45) is 4.55. The molecule has 0 aliphatic heterocycles. The van der Waals surface area contributed by atoms with Crippen molar-refractivity contribution in [2.24, 2.45) is 11.8 Å². The molecule has 0 saturated carbocycles. The summed E-state index contributed by atoms with van der Waals surface area (Å²) in [6.45, 7) is 4.48. The molecule has 1 rings (SSSR count). The van der Waals surface area contributed by atoms with E-state index in [0.717, 1.165) is 18.6 Å². The van der Waals surface area contributed by atoms with Crippen LogP contribution < -0.4 is 16.0 Å². The zero-order valence-electron chi connectivity index (χ0n) is 11.8. The highest BCUT2D eigenvalue weighted by atomic mass is 16.5. The van der Waals surface area contributed by atoms with Gasteiger partial charge in [-0.1, -0.05) is 32.4 Å². The third-order valence-electron chi connectivity index (χ3n) is 3.55. The van der Waals surface area contributed by atoms with E-state index in [0.29, 0.717) is 12.0 Å². The maximum absolute atomic E-state index is 5.64. The summed E-state index contributed by atoms with van der Waals surface area (Å²) in [5.41, 5.74) is 4.29. The number of benzene rings is 1. The summed E-state index contributed by atoms with van der Waals surface area (Å²) in [5.74, 6) is 7.18. The minimum atomic E-state index is 0.395. The molecule has 0 fully saturated rings. The van der Waals surface area contributed by atoms with Crippen LogP contribution in [0.25, 0.3) is 0 Å². The number of hydrazine groups is 1. The Labute approximate surface area is 111 Å². The minimum absolute atomic E-state index is 0.395. The van der Waals surface area contributed by atoms with E-state index < -0.39 is 0 Å². The van der Waals surface area contributed by atoms with Gasteiger partial charge in [0.05, 0.1) is 7.11 Å². The smallest absolute Gasteiger partial charge is 0.118 e. The summed E-state index contributed by atoms with van der Waals surface area (Å²) in [5, 5.41) is 0. The van der Waals surface area contributed by atoms with E-state index in [1.54, 1.807) is 7.11 Å². The van der Waals surface area contributed by atoms with Gasteiger partial charge in [-0.3, -0.25) is 11.3 Å². The molecule has 2 atom stereocenters. The molecule has 0 aliphatic rings. The van der Waals surface area contributed by atoms with Crippen LogP contribution in [0.15, 0.2) is 24.3 Å². The number of nitrogens with one attached hydrogen (secondary N) is 1. The molecule has 1 aromatic rings. The molecule has 0 bridgehead atoms. The number of aryl methyl sites for hydroxylation is 1. The zero-order valence-corrected chi connectivity index (χ0v) is 11.8. The summed E-state index contributed by atoms with van der Waals surface area (Å²) in [6, 6.07) is 8.66. The van der Waals surface area contributed by atoms with Crippen molar-refractivity contribution in [1.82, 2.24) is 5.43 Å². The topological polar surface area (TPSA) is 47.3 Å². The first-order chi connectivity index (χ1) is 8.71. The number of nitrogens with two attached hydrogens (primary N) is 1. The summed E-state index contributed by atoms with van der Waals surface area (Å²) in [7, 11) is 1.69. The Bertz CT molecular complexity index is 324. The average molecular weight is 250 g/mol. The van der Waals surface area contributed by atoms with Crippen LogP contribution in [0.4, 0.5) is 0 Å². The van der Waals surface area contributed by atoms with Crippen LogP contribution in [0.5, 0.6) is 5.75 Å². The van der Waals surface area contributed by atoms with Crippen molar-refractivity contribution < 1.29 is 4.74 Å². The van der Waals surface area contributed by atoms with Gasteiger partial charge in [-0.25, -0.2) is 0 Å². The normalized spacial score (nSPS) is 14.2. The van der Waals surface area contributed by atoms with Crippen LogP contribution in [0.2, 0.25) is 0 Å². The Morgan fingerprint density at radius 3 is 2.39 bits per heavy atom. The largest absolute Gasteiger partial charge is 0.497 e. The first-order valence-electron chi connectivity index (χ1n) is 6.80. The maximum atomic E-state index is 5.64. The lowest BCUT2D eigenvalue weighted by Gasteiger charge is -2.22. The monoisotopic (exact) mass is 250 g/mol. The molecule has 1 aromatic carbocycles. The van der Waals surface area contributed by atoms with Gasteiger partial charge in [0.25, 0.3) is 0 Å². The first kappa shape index (κ1) is 15.0. The number of rotatable bonds is 8. The van der Waals surface area contributed by atoms with Gasteiger partial charge in [-0.2, -0.15) is 0 Å². The van der Waals surface area contributed by atoms with Gasteiger partial charge >= 0.3 is 0 Å². The SMILES string of the molecule is CCCC(C)C(CCc1ccc(OC)cc1)NN. The molecular weight excluding hydrogens is 224 g/mol. The molecule has 102 valence electrons. The fraction of sp³-hybridized carbons (Fsp3) is 0.600. The predicted molar refractivity (Wildman–Crippen MR) is 76.5 cm³/mol. The standard InChI is InChI=1S/C15H26N2O/c1-4-5-12(2)15(17-16)11-8-13-6-9-14(18-3)10-7-13/h6-7,9-10,12,15,17H,4-5,8,11,16H2,1-3H3. The Kier molecular flexibility index (Phi) is 6.76. The second-order valence-corrected chi connectivity index (χ2v) is 4.93.